The van der Waals surface area contributed by atoms with Gasteiger partial charge in [0.05, 0.1) is 52.8 Å². The van der Waals surface area contributed by atoms with E-state index in [0.29, 0.717) is 5.76 Å². The number of furan rings is 1. The van der Waals surface area contributed by atoms with E-state index in [1.54, 1.807) is 19.1 Å². The first-order valence-electron chi connectivity index (χ1n) is 9.54. The summed E-state index contributed by atoms with van der Waals surface area (Å²) in [6.07, 6.45) is 1.45. The minimum atomic E-state index is -0.801. The third-order valence-corrected chi connectivity index (χ3v) is 5.01. The van der Waals surface area contributed by atoms with Gasteiger partial charge in [-0.05, 0) is 43.3 Å². The summed E-state index contributed by atoms with van der Waals surface area (Å²) in [5.41, 5.74) is 0.570. The van der Waals surface area contributed by atoms with E-state index in [4.69, 9.17) is 30.8 Å². The first-order valence-corrected chi connectivity index (χ1v) is 9.92. The summed E-state index contributed by atoms with van der Waals surface area (Å²) in [6.45, 7) is 1.98. The van der Waals surface area contributed by atoms with Gasteiger partial charge < -0.3 is 13.9 Å². The molecule has 0 unspecified atom stereocenters. The van der Waals surface area contributed by atoms with E-state index in [2.05, 4.69) is 0 Å². The lowest BCUT2D eigenvalue weighted by Crippen LogP contribution is -2.28. The Morgan fingerprint density at radius 3 is 2.62 bits per heavy atom. The summed E-state index contributed by atoms with van der Waals surface area (Å²) < 4.78 is 16.1. The molecule has 0 saturated carbocycles. The van der Waals surface area contributed by atoms with E-state index in [1.165, 1.54) is 36.6 Å². The van der Waals surface area contributed by atoms with Crippen molar-refractivity contribution in [3.05, 3.63) is 81.8 Å². The second-order valence-corrected chi connectivity index (χ2v) is 7.16. The fraction of sp³-hybridized carbons (Fsp3) is 0.130. The van der Waals surface area contributed by atoms with Crippen LogP contribution in [0.4, 0.5) is 0 Å². The lowest BCUT2D eigenvalue weighted by molar-refractivity contribution is 0.0631. The van der Waals surface area contributed by atoms with Crippen molar-refractivity contribution in [1.82, 2.24) is 4.90 Å². The lowest BCUT2D eigenvalue weighted by Gasteiger charge is -2.13. The number of benzene rings is 2. The first-order chi connectivity index (χ1) is 15.4. The summed E-state index contributed by atoms with van der Waals surface area (Å²) in [5.74, 6) is -1.26. The molecule has 0 atom stereocenters. The molecular weight excluding hydrogens is 436 g/mol. The standard InChI is InChI=1S/C23H15ClN2O6/c1-2-30-19-9-13(11-25)8-18(24)20(19)32-23(29)14-5-6-16-17(10-14)22(28)26(21(16)27)12-15-4-3-7-31-15/h3-10H,2,12H2,1H3. The summed E-state index contributed by atoms with van der Waals surface area (Å²) >= 11 is 6.18. The Bertz CT molecular complexity index is 1280. The first kappa shape index (κ1) is 21.2. The monoisotopic (exact) mass is 450 g/mol. The molecule has 0 radical (unpaired) electrons. The number of esters is 1. The zero-order valence-electron chi connectivity index (χ0n) is 16.8. The molecule has 0 N–H and O–H groups in total. The normalized spacial score (nSPS) is 12.5. The van der Waals surface area contributed by atoms with Crippen molar-refractivity contribution in [3.8, 4) is 17.6 Å². The van der Waals surface area contributed by atoms with Crippen LogP contribution in [-0.2, 0) is 6.54 Å². The predicted octanol–water partition coefficient (Wildman–Crippen LogP) is 4.22. The van der Waals surface area contributed by atoms with Crippen LogP contribution in [0.5, 0.6) is 11.5 Å². The molecule has 3 aromatic rings. The molecule has 2 aromatic carbocycles. The van der Waals surface area contributed by atoms with Gasteiger partial charge in [0.1, 0.15) is 5.76 Å². The fourth-order valence-corrected chi connectivity index (χ4v) is 3.52. The Kier molecular flexibility index (Phi) is 5.67. The van der Waals surface area contributed by atoms with Crippen molar-refractivity contribution in [2.24, 2.45) is 0 Å². The average Bonchev–Trinajstić information content (AvgIpc) is 3.38. The molecule has 1 aromatic heterocycles. The molecule has 2 heterocycles. The van der Waals surface area contributed by atoms with Crippen molar-refractivity contribution in [2.45, 2.75) is 13.5 Å². The number of nitriles is 1. The summed E-state index contributed by atoms with van der Waals surface area (Å²) in [4.78, 5) is 39.2. The van der Waals surface area contributed by atoms with E-state index in [0.717, 1.165) is 4.90 Å². The molecule has 1 aliphatic rings. The third kappa shape index (κ3) is 3.82. The number of fused-ring (bicyclic) bond motifs is 1. The molecule has 160 valence electrons. The van der Waals surface area contributed by atoms with Gasteiger partial charge in [-0.1, -0.05) is 11.6 Å². The highest BCUT2D eigenvalue weighted by Crippen LogP contribution is 2.37. The Morgan fingerprint density at radius 2 is 1.94 bits per heavy atom. The van der Waals surface area contributed by atoms with Crippen LogP contribution in [0.1, 0.15) is 49.3 Å². The molecule has 9 heteroatoms. The summed E-state index contributed by atoms with van der Waals surface area (Å²) in [7, 11) is 0. The summed E-state index contributed by atoms with van der Waals surface area (Å²) in [5, 5.41) is 9.13. The second kappa shape index (κ2) is 8.57. The van der Waals surface area contributed by atoms with Crippen LogP contribution >= 0.6 is 11.6 Å². The van der Waals surface area contributed by atoms with E-state index < -0.39 is 17.8 Å². The van der Waals surface area contributed by atoms with Crippen LogP contribution in [-0.4, -0.2) is 29.3 Å². The van der Waals surface area contributed by atoms with Gasteiger partial charge in [0.2, 0.25) is 0 Å². The highest BCUT2D eigenvalue weighted by atomic mass is 35.5. The number of imide groups is 1. The van der Waals surface area contributed by atoms with E-state index >= 15 is 0 Å². The zero-order valence-corrected chi connectivity index (χ0v) is 17.5. The SMILES string of the molecule is CCOc1cc(C#N)cc(Cl)c1OC(=O)c1ccc2c(c1)C(=O)N(Cc1ccco1)C2=O. The van der Waals surface area contributed by atoms with Crippen LogP contribution in [0.25, 0.3) is 0 Å². The second-order valence-electron chi connectivity index (χ2n) is 6.76. The van der Waals surface area contributed by atoms with Crippen molar-refractivity contribution >= 4 is 29.4 Å². The maximum Gasteiger partial charge on any atom is 0.343 e. The molecule has 0 aliphatic carbocycles. The van der Waals surface area contributed by atoms with E-state index in [1.807, 2.05) is 6.07 Å². The van der Waals surface area contributed by atoms with Crippen LogP contribution in [0, 0.1) is 11.3 Å². The predicted molar refractivity (Wildman–Crippen MR) is 112 cm³/mol. The Labute approximate surface area is 187 Å². The topological polar surface area (TPSA) is 110 Å². The largest absolute Gasteiger partial charge is 0.490 e. The number of amides is 2. The number of carbonyl (C=O) groups is 3. The highest BCUT2D eigenvalue weighted by molar-refractivity contribution is 6.32. The third-order valence-electron chi connectivity index (χ3n) is 4.73. The molecule has 2 amide bonds. The van der Waals surface area contributed by atoms with Gasteiger partial charge >= 0.3 is 5.97 Å². The minimum absolute atomic E-state index is 0.0162. The van der Waals surface area contributed by atoms with Gasteiger partial charge in [-0.3, -0.25) is 14.5 Å². The molecular formula is C23H15ClN2O6. The van der Waals surface area contributed by atoms with Crippen LogP contribution < -0.4 is 9.47 Å². The number of rotatable bonds is 6. The van der Waals surface area contributed by atoms with Gasteiger partial charge in [-0.15, -0.1) is 0 Å². The summed E-state index contributed by atoms with van der Waals surface area (Å²) in [6, 6.07) is 12.1. The minimum Gasteiger partial charge on any atom is -0.490 e. The van der Waals surface area contributed by atoms with Gasteiger partial charge in [0, 0.05) is 6.07 Å². The van der Waals surface area contributed by atoms with Gasteiger partial charge in [-0.25, -0.2) is 4.79 Å². The van der Waals surface area contributed by atoms with Crippen molar-refractivity contribution in [1.29, 1.82) is 5.26 Å². The zero-order chi connectivity index (χ0) is 22.8. The van der Waals surface area contributed by atoms with E-state index in [-0.39, 0.29) is 51.9 Å². The number of hydrogen-bond acceptors (Lipinski definition) is 7. The maximum atomic E-state index is 12.8. The molecule has 0 saturated heterocycles. The van der Waals surface area contributed by atoms with E-state index in [9.17, 15) is 14.4 Å². The Morgan fingerprint density at radius 1 is 1.16 bits per heavy atom. The van der Waals surface area contributed by atoms with Gasteiger partial charge in [0.25, 0.3) is 11.8 Å². The van der Waals surface area contributed by atoms with Gasteiger partial charge in [-0.2, -0.15) is 5.26 Å². The Balaban J connectivity index is 1.61. The number of carbonyl (C=O) groups excluding carboxylic acids is 3. The average molecular weight is 451 g/mol. The van der Waals surface area contributed by atoms with Crippen molar-refractivity contribution < 1.29 is 28.3 Å². The molecule has 8 nitrogen and oxygen atoms in total. The fourth-order valence-electron chi connectivity index (χ4n) is 3.27. The number of hydrogen-bond donors (Lipinski definition) is 0. The van der Waals surface area contributed by atoms with Crippen LogP contribution in [0.3, 0.4) is 0 Å². The molecule has 32 heavy (non-hydrogen) atoms. The maximum absolute atomic E-state index is 12.8. The number of nitrogens with zero attached hydrogens (tertiary/aromatic N) is 2. The van der Waals surface area contributed by atoms with Crippen LogP contribution in [0.15, 0.2) is 53.1 Å². The smallest absolute Gasteiger partial charge is 0.343 e. The van der Waals surface area contributed by atoms with Crippen LogP contribution in [0.2, 0.25) is 5.02 Å². The molecule has 0 fully saturated rings. The number of halogens is 1. The molecule has 0 bridgehead atoms. The molecule has 4 rings (SSSR count). The molecule has 1 aliphatic heterocycles. The quantitative estimate of drug-likeness (QED) is 0.314. The number of ether oxygens (including phenoxy) is 2. The lowest BCUT2D eigenvalue weighted by atomic mass is 10.1. The Hall–Kier alpha value is -4.09. The highest BCUT2D eigenvalue weighted by Gasteiger charge is 2.36. The van der Waals surface area contributed by atoms with Crippen molar-refractivity contribution in [2.75, 3.05) is 6.61 Å². The van der Waals surface area contributed by atoms with Crippen molar-refractivity contribution in [3.63, 3.8) is 0 Å². The molecule has 0 spiro atoms. The van der Waals surface area contributed by atoms with Gasteiger partial charge in [0.15, 0.2) is 11.5 Å².